The molecule has 0 amide bonds. The number of hydrogen-bond acceptors (Lipinski definition) is 2. The molecule has 0 spiro atoms. The minimum Gasteiger partial charge on any atom is -0.598 e. The minimum absolute atomic E-state index is 0.230. The van der Waals surface area contributed by atoms with Crippen LogP contribution in [0.1, 0.15) is 26.3 Å². The molecular formula is C11H16ClNOS. The smallest absolute Gasteiger partial charge is 0.136 e. The van der Waals surface area contributed by atoms with Gasteiger partial charge in [-0.15, -0.1) is 4.72 Å². The van der Waals surface area contributed by atoms with Gasteiger partial charge in [0.1, 0.15) is 4.75 Å². The molecule has 1 atom stereocenters. The van der Waals surface area contributed by atoms with Crippen LogP contribution in [0.4, 0.5) is 0 Å². The Kier molecular flexibility index (Phi) is 4.46. The summed E-state index contributed by atoms with van der Waals surface area (Å²) in [6.07, 6.45) is 0. The average Bonchev–Trinajstić information content (AvgIpc) is 2.15. The largest absolute Gasteiger partial charge is 0.598 e. The summed E-state index contributed by atoms with van der Waals surface area (Å²) in [7, 11) is 0. The molecule has 0 fully saturated rings. The molecule has 1 aromatic rings. The molecule has 2 nitrogen and oxygen atoms in total. The first kappa shape index (κ1) is 12.8. The molecular weight excluding hydrogens is 230 g/mol. The Bertz CT molecular complexity index is 307. The lowest BCUT2D eigenvalue weighted by molar-refractivity contribution is 0.544. The Morgan fingerprint density at radius 2 is 1.80 bits per heavy atom. The summed E-state index contributed by atoms with van der Waals surface area (Å²) in [4.78, 5) is 0. The van der Waals surface area contributed by atoms with E-state index in [0.29, 0.717) is 6.54 Å². The first-order valence-corrected chi connectivity index (χ1v) is 6.32. The maximum absolute atomic E-state index is 11.7. The summed E-state index contributed by atoms with van der Waals surface area (Å²) in [5.74, 6) is 0. The van der Waals surface area contributed by atoms with Crippen molar-refractivity contribution in [3.05, 3.63) is 34.9 Å². The minimum atomic E-state index is -1.03. The van der Waals surface area contributed by atoms with Crippen LogP contribution in [0.15, 0.2) is 24.3 Å². The number of benzene rings is 1. The molecule has 1 N–H and O–H groups in total. The third-order valence-electron chi connectivity index (χ3n) is 1.88. The first-order valence-electron chi connectivity index (χ1n) is 4.79. The van der Waals surface area contributed by atoms with Crippen molar-refractivity contribution in [3.8, 4) is 0 Å². The zero-order valence-corrected chi connectivity index (χ0v) is 10.8. The lowest BCUT2D eigenvalue weighted by atomic mass is 10.2. The fourth-order valence-electron chi connectivity index (χ4n) is 0.968. The molecule has 0 saturated carbocycles. The topological polar surface area (TPSA) is 35.1 Å². The van der Waals surface area contributed by atoms with Crippen LogP contribution in [0.3, 0.4) is 0 Å². The van der Waals surface area contributed by atoms with Crippen LogP contribution in [0, 0.1) is 0 Å². The molecule has 1 aromatic carbocycles. The Labute approximate surface area is 99.3 Å². The molecule has 0 aromatic heterocycles. The van der Waals surface area contributed by atoms with Gasteiger partial charge in [-0.25, -0.2) is 0 Å². The molecule has 4 heteroatoms. The lowest BCUT2D eigenvalue weighted by Crippen LogP contribution is -2.38. The van der Waals surface area contributed by atoms with Gasteiger partial charge in [-0.3, -0.25) is 0 Å². The van der Waals surface area contributed by atoms with Crippen molar-refractivity contribution in [1.82, 2.24) is 4.72 Å². The summed E-state index contributed by atoms with van der Waals surface area (Å²) >= 11 is 4.74. The summed E-state index contributed by atoms with van der Waals surface area (Å²) in [6, 6.07) is 7.52. The fraction of sp³-hybridized carbons (Fsp3) is 0.455. The Morgan fingerprint density at radius 1 is 1.27 bits per heavy atom. The van der Waals surface area contributed by atoms with E-state index >= 15 is 0 Å². The molecule has 0 radical (unpaired) electrons. The Balaban J connectivity index is 2.47. The van der Waals surface area contributed by atoms with Crippen molar-refractivity contribution in [3.63, 3.8) is 0 Å². The highest BCUT2D eigenvalue weighted by Gasteiger charge is 2.25. The van der Waals surface area contributed by atoms with Crippen LogP contribution >= 0.6 is 11.6 Å². The van der Waals surface area contributed by atoms with Gasteiger partial charge in [0.25, 0.3) is 0 Å². The van der Waals surface area contributed by atoms with Crippen LogP contribution < -0.4 is 4.72 Å². The van der Waals surface area contributed by atoms with E-state index in [1.165, 1.54) is 0 Å². The highest BCUT2D eigenvalue weighted by atomic mass is 35.5. The van der Waals surface area contributed by atoms with Gasteiger partial charge >= 0.3 is 0 Å². The third-order valence-corrected chi connectivity index (χ3v) is 3.65. The molecule has 0 aliphatic carbocycles. The molecule has 0 unspecified atom stereocenters. The van der Waals surface area contributed by atoms with E-state index < -0.39 is 11.4 Å². The highest BCUT2D eigenvalue weighted by Crippen LogP contribution is 2.14. The molecule has 0 bridgehead atoms. The SMILES string of the molecule is CC(C)(C)[S@+]([O-])NCc1ccc(Cl)cc1. The van der Waals surface area contributed by atoms with E-state index in [4.69, 9.17) is 11.6 Å². The number of rotatable bonds is 3. The predicted molar refractivity (Wildman–Crippen MR) is 66.2 cm³/mol. The second-order valence-electron chi connectivity index (χ2n) is 4.33. The molecule has 0 heterocycles. The van der Waals surface area contributed by atoms with Gasteiger partial charge in [-0.05, 0) is 38.5 Å². The van der Waals surface area contributed by atoms with Crippen LogP contribution in [0.25, 0.3) is 0 Å². The van der Waals surface area contributed by atoms with Crippen LogP contribution in [0.2, 0.25) is 5.02 Å². The van der Waals surface area contributed by atoms with E-state index in [-0.39, 0.29) is 4.75 Å². The zero-order valence-electron chi connectivity index (χ0n) is 9.21. The van der Waals surface area contributed by atoms with Crippen LogP contribution in [0.5, 0.6) is 0 Å². The summed E-state index contributed by atoms with van der Waals surface area (Å²) in [6.45, 7) is 6.43. The normalized spacial score (nSPS) is 13.9. The molecule has 1 rings (SSSR count). The average molecular weight is 246 g/mol. The van der Waals surface area contributed by atoms with Crippen molar-refractivity contribution in [2.24, 2.45) is 0 Å². The van der Waals surface area contributed by atoms with Gasteiger partial charge in [-0.2, -0.15) is 0 Å². The quantitative estimate of drug-likeness (QED) is 0.832. The molecule has 0 saturated heterocycles. The van der Waals surface area contributed by atoms with Gasteiger partial charge in [0, 0.05) is 16.4 Å². The second-order valence-corrected chi connectivity index (χ2v) is 6.82. The highest BCUT2D eigenvalue weighted by molar-refractivity contribution is 7.90. The third kappa shape index (κ3) is 4.43. The van der Waals surface area contributed by atoms with Gasteiger partial charge in [0.05, 0.1) is 6.54 Å². The van der Waals surface area contributed by atoms with E-state index in [1.54, 1.807) is 0 Å². The van der Waals surface area contributed by atoms with Gasteiger partial charge in [0.15, 0.2) is 0 Å². The summed E-state index contributed by atoms with van der Waals surface area (Å²) < 4.78 is 14.4. The maximum atomic E-state index is 11.7. The predicted octanol–water partition coefficient (Wildman–Crippen LogP) is 2.89. The van der Waals surface area contributed by atoms with Crippen molar-refractivity contribution in [2.45, 2.75) is 32.1 Å². The lowest BCUT2D eigenvalue weighted by Gasteiger charge is -2.23. The van der Waals surface area contributed by atoms with Gasteiger partial charge in [0.2, 0.25) is 0 Å². The van der Waals surface area contributed by atoms with Crippen LogP contribution in [-0.4, -0.2) is 9.30 Å². The van der Waals surface area contributed by atoms with Crippen molar-refractivity contribution >= 4 is 23.0 Å². The summed E-state index contributed by atoms with van der Waals surface area (Å²) in [5, 5.41) is 0.718. The van der Waals surface area contributed by atoms with Gasteiger partial charge in [-0.1, -0.05) is 23.7 Å². The fourth-order valence-corrected chi connectivity index (χ4v) is 1.82. The van der Waals surface area contributed by atoms with Crippen LogP contribution in [-0.2, 0) is 17.9 Å². The van der Waals surface area contributed by atoms with Crippen molar-refractivity contribution in [2.75, 3.05) is 0 Å². The monoisotopic (exact) mass is 245 g/mol. The Hall–Kier alpha value is -0.220. The zero-order chi connectivity index (χ0) is 11.5. The second kappa shape index (κ2) is 5.21. The van der Waals surface area contributed by atoms with E-state index in [2.05, 4.69) is 4.72 Å². The number of halogens is 1. The Morgan fingerprint density at radius 3 is 2.27 bits per heavy atom. The molecule has 84 valence electrons. The van der Waals surface area contributed by atoms with Crippen molar-refractivity contribution in [1.29, 1.82) is 0 Å². The standard InChI is InChI=1S/C11H16ClNOS/c1-11(2,3)15(14)13-8-9-4-6-10(12)7-5-9/h4-7,13H,8H2,1-3H3/t15-/m0/s1. The number of nitrogens with one attached hydrogen (secondary N) is 1. The van der Waals surface area contributed by atoms with E-state index in [1.807, 2.05) is 45.0 Å². The molecule has 15 heavy (non-hydrogen) atoms. The molecule has 0 aliphatic rings. The van der Waals surface area contributed by atoms with Gasteiger partial charge < -0.3 is 4.55 Å². The number of hydrogen-bond donors (Lipinski definition) is 1. The van der Waals surface area contributed by atoms with Crippen molar-refractivity contribution < 1.29 is 4.55 Å². The summed E-state index contributed by atoms with van der Waals surface area (Å²) in [5.41, 5.74) is 1.08. The molecule has 0 aliphatic heterocycles. The van der Waals surface area contributed by atoms with E-state index in [9.17, 15) is 4.55 Å². The van der Waals surface area contributed by atoms with E-state index in [0.717, 1.165) is 10.6 Å². The maximum Gasteiger partial charge on any atom is 0.136 e. The first-order chi connectivity index (χ1) is 6.89.